The molecule has 0 atom stereocenters. The highest BCUT2D eigenvalue weighted by molar-refractivity contribution is 7.92. The van der Waals surface area contributed by atoms with Crippen LogP contribution in [0.3, 0.4) is 0 Å². The molecule has 2 aromatic rings. The van der Waals surface area contributed by atoms with Crippen LogP contribution in [0.5, 0.6) is 5.75 Å². The second kappa shape index (κ2) is 9.30. The van der Waals surface area contributed by atoms with Crippen molar-refractivity contribution in [2.45, 2.75) is 13.3 Å². The van der Waals surface area contributed by atoms with Crippen molar-refractivity contribution in [1.82, 2.24) is 5.32 Å². The summed E-state index contributed by atoms with van der Waals surface area (Å²) >= 11 is 11.8. The summed E-state index contributed by atoms with van der Waals surface area (Å²) < 4.78 is 30.7. The normalized spacial score (nSPS) is 11.1. The van der Waals surface area contributed by atoms with E-state index in [1.807, 2.05) is 0 Å². The molecule has 0 radical (unpaired) electrons. The molecule has 2 aromatic carbocycles. The van der Waals surface area contributed by atoms with Gasteiger partial charge in [0.2, 0.25) is 10.0 Å². The first-order valence-electron chi connectivity index (χ1n) is 8.10. The fourth-order valence-corrected chi connectivity index (χ4v) is 3.31. The quantitative estimate of drug-likeness (QED) is 0.622. The van der Waals surface area contributed by atoms with E-state index in [0.29, 0.717) is 46.6 Å². The summed E-state index contributed by atoms with van der Waals surface area (Å²) in [7, 11) is -3.42. The zero-order valence-corrected chi connectivity index (χ0v) is 17.2. The molecule has 9 heteroatoms. The average molecular weight is 431 g/mol. The molecule has 0 aliphatic rings. The SMILES string of the molecule is Cc1ccc(C(=O)NCCCOc2ccc(Cl)cc2Cl)cc1NS(C)(=O)=O. The maximum Gasteiger partial charge on any atom is 0.251 e. The largest absolute Gasteiger partial charge is 0.492 e. The summed E-state index contributed by atoms with van der Waals surface area (Å²) in [5, 5.41) is 3.73. The van der Waals surface area contributed by atoms with E-state index in [2.05, 4.69) is 10.0 Å². The van der Waals surface area contributed by atoms with Crippen LogP contribution >= 0.6 is 23.2 Å². The lowest BCUT2D eigenvalue weighted by atomic mass is 10.1. The average Bonchev–Trinajstić information content (AvgIpc) is 2.57. The summed E-state index contributed by atoms with van der Waals surface area (Å²) in [5.74, 6) is 0.235. The molecule has 0 bridgehead atoms. The van der Waals surface area contributed by atoms with Crippen molar-refractivity contribution in [3.05, 3.63) is 57.6 Å². The number of ether oxygens (including phenoxy) is 1. The van der Waals surface area contributed by atoms with Crippen LogP contribution in [0.4, 0.5) is 5.69 Å². The van der Waals surface area contributed by atoms with Crippen LogP contribution in [0, 0.1) is 6.92 Å². The molecule has 2 rings (SSSR count). The highest BCUT2D eigenvalue weighted by atomic mass is 35.5. The maximum atomic E-state index is 12.2. The Hall–Kier alpha value is -1.96. The van der Waals surface area contributed by atoms with Crippen molar-refractivity contribution in [3.63, 3.8) is 0 Å². The number of halogens is 2. The zero-order chi connectivity index (χ0) is 20.0. The number of hydrogen-bond donors (Lipinski definition) is 2. The minimum Gasteiger partial charge on any atom is -0.492 e. The number of carbonyl (C=O) groups excluding carboxylic acids is 1. The lowest BCUT2D eigenvalue weighted by Gasteiger charge is -2.11. The smallest absolute Gasteiger partial charge is 0.251 e. The molecule has 6 nitrogen and oxygen atoms in total. The Kier molecular flexibility index (Phi) is 7.35. The molecule has 0 saturated heterocycles. The first-order valence-corrected chi connectivity index (χ1v) is 10.7. The van der Waals surface area contributed by atoms with Crippen LogP contribution in [-0.2, 0) is 10.0 Å². The van der Waals surface area contributed by atoms with Crippen LogP contribution in [0.1, 0.15) is 22.3 Å². The van der Waals surface area contributed by atoms with E-state index in [0.717, 1.165) is 11.8 Å². The summed E-state index contributed by atoms with van der Waals surface area (Å²) in [4.78, 5) is 12.2. The third-order valence-corrected chi connectivity index (χ3v) is 4.67. The van der Waals surface area contributed by atoms with Gasteiger partial charge in [-0.1, -0.05) is 29.3 Å². The predicted octanol–water partition coefficient (Wildman–Crippen LogP) is 3.87. The number of hydrogen-bond acceptors (Lipinski definition) is 4. The fourth-order valence-electron chi connectivity index (χ4n) is 2.22. The minimum atomic E-state index is -3.42. The number of nitrogens with one attached hydrogen (secondary N) is 2. The van der Waals surface area contributed by atoms with E-state index >= 15 is 0 Å². The van der Waals surface area contributed by atoms with Crippen LogP contribution < -0.4 is 14.8 Å². The standard InChI is InChI=1S/C18H20Cl2N2O4S/c1-12-4-5-13(10-16(12)22-27(2,24)25)18(23)21-8-3-9-26-17-7-6-14(19)11-15(17)20/h4-7,10-11,22H,3,8-9H2,1-2H3,(H,21,23). The number of amides is 1. The number of sulfonamides is 1. The Morgan fingerprint density at radius 2 is 1.89 bits per heavy atom. The molecule has 0 saturated carbocycles. The van der Waals surface area contributed by atoms with Crippen molar-refractivity contribution in [2.75, 3.05) is 24.1 Å². The molecule has 0 aliphatic heterocycles. The summed E-state index contributed by atoms with van der Waals surface area (Å²) in [6, 6.07) is 9.81. The minimum absolute atomic E-state index is 0.295. The van der Waals surface area contributed by atoms with Gasteiger partial charge in [-0.25, -0.2) is 8.42 Å². The lowest BCUT2D eigenvalue weighted by Crippen LogP contribution is -2.25. The highest BCUT2D eigenvalue weighted by Crippen LogP contribution is 2.27. The van der Waals surface area contributed by atoms with Crippen molar-refractivity contribution in [2.24, 2.45) is 0 Å². The van der Waals surface area contributed by atoms with Crippen molar-refractivity contribution in [3.8, 4) is 5.75 Å². The Morgan fingerprint density at radius 1 is 1.15 bits per heavy atom. The van der Waals surface area contributed by atoms with E-state index in [1.165, 1.54) is 6.07 Å². The molecule has 0 unspecified atom stereocenters. The molecule has 2 N–H and O–H groups in total. The highest BCUT2D eigenvalue weighted by Gasteiger charge is 2.10. The van der Waals surface area contributed by atoms with Crippen LogP contribution in [0.2, 0.25) is 10.0 Å². The van der Waals surface area contributed by atoms with Crippen LogP contribution in [0.15, 0.2) is 36.4 Å². The number of aryl methyl sites for hydroxylation is 1. The summed E-state index contributed by atoms with van der Waals surface area (Å²) in [6.45, 7) is 2.53. The maximum absolute atomic E-state index is 12.2. The Labute approximate surface area is 168 Å². The molecular weight excluding hydrogens is 411 g/mol. The Bertz CT molecular complexity index is 933. The van der Waals surface area contributed by atoms with E-state index in [4.69, 9.17) is 27.9 Å². The number of benzene rings is 2. The number of carbonyl (C=O) groups is 1. The van der Waals surface area contributed by atoms with Gasteiger partial charge in [-0.2, -0.15) is 0 Å². The van der Waals surface area contributed by atoms with Gasteiger partial charge in [0, 0.05) is 17.1 Å². The molecule has 0 fully saturated rings. The van der Waals surface area contributed by atoms with Gasteiger partial charge in [0.25, 0.3) is 5.91 Å². The Morgan fingerprint density at radius 3 is 2.56 bits per heavy atom. The van der Waals surface area contributed by atoms with Gasteiger partial charge >= 0.3 is 0 Å². The van der Waals surface area contributed by atoms with Gasteiger partial charge in [-0.05, 0) is 49.2 Å². The molecular formula is C18H20Cl2N2O4S. The topological polar surface area (TPSA) is 84.5 Å². The number of anilines is 1. The third kappa shape index (κ3) is 6.93. The van der Waals surface area contributed by atoms with Crippen LogP contribution in [0.25, 0.3) is 0 Å². The van der Waals surface area contributed by atoms with Gasteiger partial charge in [0.05, 0.1) is 23.6 Å². The first-order chi connectivity index (χ1) is 12.7. The van der Waals surface area contributed by atoms with E-state index < -0.39 is 10.0 Å². The van der Waals surface area contributed by atoms with Crippen LogP contribution in [-0.4, -0.2) is 33.7 Å². The van der Waals surface area contributed by atoms with Crippen molar-refractivity contribution < 1.29 is 17.9 Å². The van der Waals surface area contributed by atoms with E-state index in [1.54, 1.807) is 37.3 Å². The van der Waals surface area contributed by atoms with Crippen molar-refractivity contribution in [1.29, 1.82) is 0 Å². The first kappa shape index (κ1) is 21.3. The fraction of sp³-hybridized carbons (Fsp3) is 0.278. The number of rotatable bonds is 8. The second-order valence-electron chi connectivity index (χ2n) is 5.94. The lowest BCUT2D eigenvalue weighted by molar-refractivity contribution is 0.0951. The summed E-state index contributed by atoms with van der Waals surface area (Å²) in [5.41, 5.74) is 1.48. The predicted molar refractivity (Wildman–Crippen MR) is 109 cm³/mol. The molecule has 1 amide bonds. The third-order valence-electron chi connectivity index (χ3n) is 3.55. The zero-order valence-electron chi connectivity index (χ0n) is 14.9. The van der Waals surface area contributed by atoms with E-state index in [9.17, 15) is 13.2 Å². The van der Waals surface area contributed by atoms with Gasteiger partial charge in [-0.15, -0.1) is 0 Å². The molecule has 0 spiro atoms. The monoisotopic (exact) mass is 430 g/mol. The second-order valence-corrected chi connectivity index (χ2v) is 8.53. The summed E-state index contributed by atoms with van der Waals surface area (Å²) in [6.07, 6.45) is 1.64. The molecule has 0 aromatic heterocycles. The Balaban J connectivity index is 1.84. The molecule has 146 valence electrons. The van der Waals surface area contributed by atoms with E-state index in [-0.39, 0.29) is 5.91 Å². The molecule has 27 heavy (non-hydrogen) atoms. The molecule has 0 heterocycles. The van der Waals surface area contributed by atoms with Gasteiger partial charge in [0.15, 0.2) is 0 Å². The van der Waals surface area contributed by atoms with Gasteiger partial charge in [-0.3, -0.25) is 9.52 Å². The van der Waals surface area contributed by atoms with Gasteiger partial charge < -0.3 is 10.1 Å². The van der Waals surface area contributed by atoms with Crippen molar-refractivity contribution >= 4 is 44.8 Å². The molecule has 0 aliphatic carbocycles. The van der Waals surface area contributed by atoms with Gasteiger partial charge in [0.1, 0.15) is 5.75 Å².